The van der Waals surface area contributed by atoms with Gasteiger partial charge in [-0.15, -0.1) is 0 Å². The summed E-state index contributed by atoms with van der Waals surface area (Å²) >= 11 is 0. The van der Waals surface area contributed by atoms with E-state index in [1.807, 2.05) is 6.07 Å². The molecule has 1 N–H and O–H groups in total. The van der Waals surface area contributed by atoms with Crippen molar-refractivity contribution < 1.29 is 0 Å². The summed E-state index contributed by atoms with van der Waals surface area (Å²) in [6.07, 6.45) is 5.49. The summed E-state index contributed by atoms with van der Waals surface area (Å²) in [5, 5.41) is 3.28. The fourth-order valence-electron chi connectivity index (χ4n) is 1.69. The highest BCUT2D eigenvalue weighted by Crippen LogP contribution is 2.30. The third-order valence-corrected chi connectivity index (χ3v) is 2.83. The van der Waals surface area contributed by atoms with Gasteiger partial charge in [-0.3, -0.25) is 0 Å². The predicted octanol–water partition coefficient (Wildman–Crippen LogP) is 2.14. The van der Waals surface area contributed by atoms with Gasteiger partial charge in [-0.05, 0) is 25.2 Å². The van der Waals surface area contributed by atoms with Gasteiger partial charge >= 0.3 is 0 Å². The van der Waals surface area contributed by atoms with Crippen LogP contribution in [0, 0.1) is 5.92 Å². The monoisotopic (exact) mass is 220 g/mol. The van der Waals surface area contributed by atoms with Gasteiger partial charge in [0, 0.05) is 26.2 Å². The molecule has 1 aliphatic rings. The van der Waals surface area contributed by atoms with E-state index in [9.17, 15) is 0 Å². The summed E-state index contributed by atoms with van der Waals surface area (Å²) < 4.78 is 0. The molecule has 0 bridgehead atoms. The maximum absolute atomic E-state index is 4.30. The second-order valence-corrected chi connectivity index (χ2v) is 4.51. The number of hydrogen-bond donors (Lipinski definition) is 1. The molecule has 0 spiro atoms. The molecule has 0 unspecified atom stereocenters. The average Bonchev–Trinajstić information content (AvgIpc) is 3.10. The second kappa shape index (κ2) is 5.14. The van der Waals surface area contributed by atoms with Crippen LogP contribution in [-0.4, -0.2) is 30.1 Å². The van der Waals surface area contributed by atoms with Crippen molar-refractivity contribution in [3.8, 4) is 0 Å². The van der Waals surface area contributed by atoms with E-state index in [4.69, 9.17) is 0 Å². The molecule has 0 amide bonds. The average molecular weight is 220 g/mol. The van der Waals surface area contributed by atoms with Crippen LogP contribution >= 0.6 is 0 Å². The molecule has 4 nitrogen and oxygen atoms in total. The molecule has 1 saturated carbocycles. The molecule has 0 atom stereocenters. The maximum Gasteiger partial charge on any atom is 0.133 e. The van der Waals surface area contributed by atoms with Gasteiger partial charge in [0.15, 0.2) is 0 Å². The van der Waals surface area contributed by atoms with Gasteiger partial charge in [0.2, 0.25) is 0 Å². The Bertz CT molecular complexity index is 336. The first kappa shape index (κ1) is 11.2. The van der Waals surface area contributed by atoms with Crippen LogP contribution < -0.4 is 10.2 Å². The van der Waals surface area contributed by atoms with Crippen LogP contribution in [0.15, 0.2) is 12.4 Å². The predicted molar refractivity (Wildman–Crippen MR) is 66.8 cm³/mol. The molecule has 1 aromatic heterocycles. The van der Waals surface area contributed by atoms with Crippen LogP contribution in [-0.2, 0) is 0 Å². The highest BCUT2D eigenvalue weighted by molar-refractivity contribution is 5.47. The van der Waals surface area contributed by atoms with Gasteiger partial charge in [0.25, 0.3) is 0 Å². The molecule has 88 valence electrons. The molecular formula is C12H20N4. The quantitative estimate of drug-likeness (QED) is 0.797. The van der Waals surface area contributed by atoms with E-state index in [1.165, 1.54) is 12.8 Å². The van der Waals surface area contributed by atoms with Crippen LogP contribution in [0.4, 0.5) is 11.6 Å². The van der Waals surface area contributed by atoms with E-state index in [0.717, 1.165) is 37.1 Å². The number of nitrogens with zero attached hydrogens (tertiary/aromatic N) is 3. The summed E-state index contributed by atoms with van der Waals surface area (Å²) in [5.41, 5.74) is 0. The normalized spacial score (nSPS) is 14.9. The number of nitrogens with one attached hydrogen (secondary N) is 1. The second-order valence-electron chi connectivity index (χ2n) is 4.51. The molecule has 1 aliphatic carbocycles. The van der Waals surface area contributed by atoms with Gasteiger partial charge in [0.1, 0.15) is 18.0 Å². The van der Waals surface area contributed by atoms with Gasteiger partial charge < -0.3 is 10.2 Å². The Kier molecular flexibility index (Phi) is 3.59. The molecule has 2 rings (SSSR count). The molecule has 1 aromatic rings. The highest BCUT2D eigenvalue weighted by atomic mass is 15.2. The van der Waals surface area contributed by atoms with Crippen molar-refractivity contribution in [3.05, 3.63) is 12.4 Å². The van der Waals surface area contributed by atoms with Gasteiger partial charge in [-0.1, -0.05) is 6.92 Å². The van der Waals surface area contributed by atoms with Crippen molar-refractivity contribution in [1.82, 2.24) is 9.97 Å². The zero-order chi connectivity index (χ0) is 11.4. The van der Waals surface area contributed by atoms with Crippen LogP contribution in [0.2, 0.25) is 0 Å². The van der Waals surface area contributed by atoms with E-state index < -0.39 is 0 Å². The molecular weight excluding hydrogens is 200 g/mol. The Morgan fingerprint density at radius 3 is 2.94 bits per heavy atom. The zero-order valence-corrected chi connectivity index (χ0v) is 10.1. The van der Waals surface area contributed by atoms with E-state index in [0.29, 0.717) is 0 Å². The van der Waals surface area contributed by atoms with Crippen molar-refractivity contribution in [2.24, 2.45) is 5.92 Å². The van der Waals surface area contributed by atoms with Gasteiger partial charge in [0.05, 0.1) is 0 Å². The smallest absolute Gasteiger partial charge is 0.133 e. The molecule has 0 radical (unpaired) electrons. The van der Waals surface area contributed by atoms with Crippen molar-refractivity contribution >= 4 is 11.6 Å². The number of aromatic nitrogens is 2. The topological polar surface area (TPSA) is 41.0 Å². The minimum atomic E-state index is 0.881. The SMILES string of the molecule is CCCNc1cc(N(C)CC2CC2)ncn1. The van der Waals surface area contributed by atoms with Crippen LogP contribution in [0.3, 0.4) is 0 Å². The van der Waals surface area contributed by atoms with Gasteiger partial charge in [-0.2, -0.15) is 0 Å². The summed E-state index contributed by atoms with van der Waals surface area (Å²) in [6.45, 7) is 4.22. The lowest BCUT2D eigenvalue weighted by Crippen LogP contribution is -2.21. The molecule has 0 saturated heterocycles. The summed E-state index contributed by atoms with van der Waals surface area (Å²) in [5.74, 6) is 2.82. The molecule has 1 heterocycles. The Balaban J connectivity index is 1.96. The fraction of sp³-hybridized carbons (Fsp3) is 0.667. The molecule has 16 heavy (non-hydrogen) atoms. The Hall–Kier alpha value is -1.32. The fourth-order valence-corrected chi connectivity index (χ4v) is 1.69. The largest absolute Gasteiger partial charge is 0.370 e. The van der Waals surface area contributed by atoms with Crippen molar-refractivity contribution in [1.29, 1.82) is 0 Å². The number of rotatable bonds is 6. The van der Waals surface area contributed by atoms with E-state index in [2.05, 4.69) is 34.2 Å². The van der Waals surface area contributed by atoms with E-state index in [-0.39, 0.29) is 0 Å². The summed E-state index contributed by atoms with van der Waals surface area (Å²) in [4.78, 5) is 10.7. The molecule has 1 fully saturated rings. The van der Waals surface area contributed by atoms with E-state index in [1.54, 1.807) is 6.33 Å². The van der Waals surface area contributed by atoms with Crippen molar-refractivity contribution in [2.45, 2.75) is 26.2 Å². The third kappa shape index (κ3) is 3.08. The molecule has 0 aromatic carbocycles. The number of anilines is 2. The summed E-state index contributed by atoms with van der Waals surface area (Å²) in [7, 11) is 2.10. The minimum Gasteiger partial charge on any atom is -0.370 e. The Labute approximate surface area is 97.1 Å². The standard InChI is InChI=1S/C12H20N4/c1-3-6-13-11-7-12(15-9-14-11)16(2)8-10-4-5-10/h7,9-10H,3-6,8H2,1-2H3,(H,13,14,15). The van der Waals surface area contributed by atoms with Crippen LogP contribution in [0.5, 0.6) is 0 Å². The van der Waals surface area contributed by atoms with Crippen molar-refractivity contribution in [3.63, 3.8) is 0 Å². The lowest BCUT2D eigenvalue weighted by atomic mass is 10.3. The summed E-state index contributed by atoms with van der Waals surface area (Å²) in [6, 6.07) is 2.03. The van der Waals surface area contributed by atoms with Crippen LogP contribution in [0.25, 0.3) is 0 Å². The first-order chi connectivity index (χ1) is 7.79. The lowest BCUT2D eigenvalue weighted by molar-refractivity contribution is 0.775. The zero-order valence-electron chi connectivity index (χ0n) is 10.1. The minimum absolute atomic E-state index is 0.881. The molecule has 4 heteroatoms. The third-order valence-electron chi connectivity index (χ3n) is 2.83. The van der Waals surface area contributed by atoms with Gasteiger partial charge in [-0.25, -0.2) is 9.97 Å². The first-order valence-electron chi connectivity index (χ1n) is 6.06. The highest BCUT2D eigenvalue weighted by Gasteiger charge is 2.23. The Morgan fingerprint density at radius 1 is 1.44 bits per heavy atom. The maximum atomic E-state index is 4.30. The van der Waals surface area contributed by atoms with E-state index >= 15 is 0 Å². The lowest BCUT2D eigenvalue weighted by Gasteiger charge is -2.18. The van der Waals surface area contributed by atoms with Crippen molar-refractivity contribution in [2.75, 3.05) is 30.4 Å². The Morgan fingerprint density at radius 2 is 2.25 bits per heavy atom. The molecule has 0 aliphatic heterocycles. The number of hydrogen-bond acceptors (Lipinski definition) is 4. The van der Waals surface area contributed by atoms with Crippen LogP contribution in [0.1, 0.15) is 26.2 Å². The first-order valence-corrected chi connectivity index (χ1v) is 6.06.